The summed E-state index contributed by atoms with van der Waals surface area (Å²) in [6.45, 7) is -0.671. The Labute approximate surface area is 160 Å². The van der Waals surface area contributed by atoms with E-state index >= 15 is 0 Å². The van der Waals surface area contributed by atoms with Crippen molar-refractivity contribution in [1.29, 1.82) is 0 Å². The van der Waals surface area contributed by atoms with E-state index in [2.05, 4.69) is 9.05 Å². The van der Waals surface area contributed by atoms with E-state index in [1.807, 2.05) is 0 Å². The molecule has 4 N–H and O–H groups in total. The van der Waals surface area contributed by atoms with Gasteiger partial charge in [-0.1, -0.05) is 0 Å². The van der Waals surface area contributed by atoms with Gasteiger partial charge in [0.1, 0.15) is 6.10 Å². The fourth-order valence-electron chi connectivity index (χ4n) is 0.945. The maximum Gasteiger partial charge on any atom is 2.00 e. The van der Waals surface area contributed by atoms with Crippen molar-refractivity contribution in [3.8, 4) is 0 Å². The maximum atomic E-state index is 10.5. The van der Waals surface area contributed by atoms with Crippen LogP contribution < -0.4 is 19.6 Å². The second-order valence-electron chi connectivity index (χ2n) is 3.29. The fraction of sp³-hybridized carbons (Fsp3) is 0.500. The van der Waals surface area contributed by atoms with Crippen LogP contribution in [0.4, 0.5) is 0 Å². The topological polar surface area (TPSA) is 243 Å². The van der Waals surface area contributed by atoms with Gasteiger partial charge in [0, 0.05) is 0 Å². The average molecular weight is 399 g/mol. The van der Waals surface area contributed by atoms with Crippen molar-refractivity contribution in [2.45, 2.75) is 12.2 Å². The van der Waals surface area contributed by atoms with Gasteiger partial charge in [-0.3, -0.25) is 0 Å². The number of aliphatic hydroxyl groups is 4. The van der Waals surface area contributed by atoms with E-state index in [0.717, 1.165) is 0 Å². The van der Waals surface area contributed by atoms with E-state index in [1.165, 1.54) is 0 Å². The molecule has 17 heteroatoms. The molecular formula is C6H8Mg2O13P2. The molecule has 2 atom stereocenters. The minimum atomic E-state index is -5.68. The van der Waals surface area contributed by atoms with Crippen molar-refractivity contribution in [1.82, 2.24) is 0 Å². The van der Waals surface area contributed by atoms with Gasteiger partial charge in [0.15, 0.2) is 11.9 Å². The van der Waals surface area contributed by atoms with Gasteiger partial charge < -0.3 is 58.2 Å². The number of cyclic esters (lactones) is 1. The van der Waals surface area contributed by atoms with Crippen LogP contribution >= 0.6 is 15.6 Å². The summed E-state index contributed by atoms with van der Waals surface area (Å²) in [5.41, 5.74) is 0. The van der Waals surface area contributed by atoms with Crippen molar-refractivity contribution in [2.24, 2.45) is 0 Å². The Morgan fingerprint density at radius 1 is 1.13 bits per heavy atom. The van der Waals surface area contributed by atoms with Gasteiger partial charge in [-0.2, -0.15) is 0 Å². The summed E-state index contributed by atoms with van der Waals surface area (Å²) in [4.78, 5) is 47.8. The van der Waals surface area contributed by atoms with Crippen LogP contribution in [0.3, 0.4) is 0 Å². The third kappa shape index (κ3) is 11.7. The standard InChI is InChI=1S/C6H8O6.2Mg.H4O7P2/c7-1-2(8)5-3(9)4(10)6(11)12-5;;;1-8(2,3)7-9(4,5)6/h2,5,7-10H,1H2;;;(H2,1,2,3)(H2,4,5,6)/q;2*+2;/p-4/t2-,5+;;;/m0.../s1. The van der Waals surface area contributed by atoms with Crippen LogP contribution in [0.25, 0.3) is 0 Å². The molecule has 0 saturated carbocycles. The first-order valence-corrected chi connectivity index (χ1v) is 7.58. The molecule has 0 spiro atoms. The van der Waals surface area contributed by atoms with Crippen LogP contribution in [0.5, 0.6) is 0 Å². The van der Waals surface area contributed by atoms with Crippen molar-refractivity contribution >= 4 is 67.7 Å². The third-order valence-electron chi connectivity index (χ3n) is 1.68. The molecule has 1 rings (SSSR count). The first kappa shape index (κ1) is 28.3. The summed E-state index contributed by atoms with van der Waals surface area (Å²) in [5, 5.41) is 35.0. The van der Waals surface area contributed by atoms with E-state index in [9.17, 15) is 33.5 Å². The minimum absolute atomic E-state index is 0. The maximum absolute atomic E-state index is 10.5. The van der Waals surface area contributed by atoms with Crippen LogP contribution in [0.15, 0.2) is 11.5 Å². The number of aliphatic hydroxyl groups excluding tert-OH is 4. The predicted molar refractivity (Wildman–Crippen MR) is 63.1 cm³/mol. The zero-order valence-electron chi connectivity index (χ0n) is 11.1. The molecule has 0 unspecified atom stereocenters. The predicted octanol–water partition coefficient (Wildman–Crippen LogP) is -5.51. The van der Waals surface area contributed by atoms with Gasteiger partial charge in [0.05, 0.1) is 22.3 Å². The summed E-state index contributed by atoms with van der Waals surface area (Å²) in [7, 11) is -11.4. The number of rotatable bonds is 4. The summed E-state index contributed by atoms with van der Waals surface area (Å²) in [6.07, 6.45) is -2.78. The molecule has 124 valence electrons. The Balaban J connectivity index is -0.000000332. The average Bonchev–Trinajstić information content (AvgIpc) is 2.52. The van der Waals surface area contributed by atoms with Gasteiger partial charge in [-0.15, -0.1) is 0 Å². The molecule has 1 heterocycles. The molecule has 23 heavy (non-hydrogen) atoms. The molecule has 0 saturated heterocycles. The Morgan fingerprint density at radius 3 is 1.70 bits per heavy atom. The summed E-state index contributed by atoms with van der Waals surface area (Å²) < 4.78 is 25.5. The summed E-state index contributed by atoms with van der Waals surface area (Å²) in [5.74, 6) is -2.78. The Morgan fingerprint density at radius 2 is 1.52 bits per heavy atom. The molecule has 0 aromatic carbocycles. The quantitative estimate of drug-likeness (QED) is 0.196. The second-order valence-corrected chi connectivity index (χ2v) is 5.73. The van der Waals surface area contributed by atoms with Gasteiger partial charge in [0.25, 0.3) is 0 Å². The molecular weight excluding hydrogens is 391 g/mol. The van der Waals surface area contributed by atoms with Crippen molar-refractivity contribution in [3.05, 3.63) is 11.5 Å². The van der Waals surface area contributed by atoms with Crippen LogP contribution in [0, 0.1) is 0 Å². The van der Waals surface area contributed by atoms with E-state index in [0.29, 0.717) is 0 Å². The van der Waals surface area contributed by atoms with Gasteiger partial charge >= 0.3 is 52.1 Å². The first-order chi connectivity index (χ1) is 9.28. The Kier molecular flexibility index (Phi) is 13.8. The van der Waals surface area contributed by atoms with Crippen LogP contribution in [0.1, 0.15) is 0 Å². The van der Waals surface area contributed by atoms with E-state index in [-0.39, 0.29) is 46.1 Å². The molecule has 1 aliphatic rings. The second kappa shape index (κ2) is 11.2. The molecule has 0 aromatic heterocycles. The van der Waals surface area contributed by atoms with Crippen molar-refractivity contribution in [3.63, 3.8) is 0 Å². The summed E-state index contributed by atoms with van der Waals surface area (Å²) >= 11 is 0. The molecule has 0 bridgehead atoms. The number of carbonyl (C=O) groups excluding carboxylic acids is 1. The normalized spacial score (nSPS) is 18.9. The largest absolute Gasteiger partial charge is 2.00 e. The molecule has 0 aliphatic carbocycles. The number of hydrogen-bond donors (Lipinski definition) is 4. The number of hydrogen-bond acceptors (Lipinski definition) is 13. The molecule has 0 fully saturated rings. The number of ether oxygens (including phenoxy) is 1. The smallest absolute Gasteiger partial charge is 0.790 e. The van der Waals surface area contributed by atoms with Crippen LogP contribution in [0.2, 0.25) is 0 Å². The van der Waals surface area contributed by atoms with Crippen molar-refractivity contribution in [2.75, 3.05) is 6.61 Å². The fourth-order valence-corrected chi connectivity index (χ4v) is 1.93. The third-order valence-corrected chi connectivity index (χ3v) is 3.28. The number of esters is 1. The molecule has 1 aliphatic heterocycles. The number of carbonyl (C=O) groups is 1. The molecule has 0 amide bonds. The molecule has 0 radical (unpaired) electrons. The van der Waals surface area contributed by atoms with Gasteiger partial charge in [-0.05, 0) is 0 Å². The van der Waals surface area contributed by atoms with Gasteiger partial charge in [-0.25, -0.2) is 4.79 Å². The number of phosphoric acid groups is 2. The Bertz CT molecular complexity index is 489. The van der Waals surface area contributed by atoms with Gasteiger partial charge in [0.2, 0.25) is 5.76 Å². The van der Waals surface area contributed by atoms with E-state index in [4.69, 9.17) is 20.4 Å². The molecule has 0 aromatic rings. The van der Waals surface area contributed by atoms with E-state index < -0.39 is 51.9 Å². The zero-order chi connectivity index (χ0) is 17.0. The van der Waals surface area contributed by atoms with Crippen LogP contribution in [-0.4, -0.2) is 91.3 Å². The van der Waals surface area contributed by atoms with Crippen molar-refractivity contribution < 1.29 is 63.0 Å². The van der Waals surface area contributed by atoms with Crippen LogP contribution in [-0.2, 0) is 23.0 Å². The monoisotopic (exact) mass is 398 g/mol. The summed E-state index contributed by atoms with van der Waals surface area (Å²) in [6, 6.07) is 0. The van der Waals surface area contributed by atoms with E-state index in [1.54, 1.807) is 0 Å². The Hall–Kier alpha value is 0.522. The SMILES string of the molecule is O=C1O[C@H]([C@@H](O)CO)C(O)=C1O.O=P([O-])([O-])OP(=O)([O-])[O-].[Mg+2].[Mg+2]. The zero-order valence-corrected chi connectivity index (χ0v) is 15.8. The first-order valence-electron chi connectivity index (χ1n) is 4.66. The minimum Gasteiger partial charge on any atom is -0.790 e. The molecule has 13 nitrogen and oxygen atoms in total.